The smallest absolute Gasteiger partial charge is 0.228 e. The number of halogens is 2. The second kappa shape index (κ2) is 12.2. The number of nitrogens with zero attached hydrogens (tertiary/aromatic N) is 4. The predicted octanol–water partition coefficient (Wildman–Crippen LogP) is 6.64. The lowest BCUT2D eigenvalue weighted by atomic mass is 9.69. The fourth-order valence-electron chi connectivity index (χ4n) is 5.58. The van der Waals surface area contributed by atoms with Crippen molar-refractivity contribution in [3.63, 3.8) is 0 Å². The van der Waals surface area contributed by atoms with Gasteiger partial charge in [-0.05, 0) is 37.0 Å². The molecule has 4 aliphatic rings. The Morgan fingerprint density at radius 3 is 2.19 bits per heavy atom. The molecule has 1 spiro atoms. The van der Waals surface area contributed by atoms with Crippen LogP contribution in [0.25, 0.3) is 0 Å². The minimum Gasteiger partial charge on any atom is -0.335 e. The molecular weight excluding hydrogens is 463 g/mol. The van der Waals surface area contributed by atoms with Gasteiger partial charge < -0.3 is 4.90 Å². The molecule has 5 atom stereocenters. The van der Waals surface area contributed by atoms with Crippen LogP contribution < -0.4 is 4.90 Å². The summed E-state index contributed by atoms with van der Waals surface area (Å²) in [4.78, 5) is 21.9. The first-order chi connectivity index (χ1) is 15.4. The number of anilines is 1. The minimum absolute atomic E-state index is 0.354. The van der Waals surface area contributed by atoms with Gasteiger partial charge in [-0.2, -0.15) is 0 Å². The molecule has 5 unspecified atom stereocenters. The Kier molecular flexibility index (Phi) is 10.6. The fourth-order valence-corrected chi connectivity index (χ4v) is 6.89. The average Bonchev–Trinajstić information content (AvgIpc) is 3.28. The van der Waals surface area contributed by atoms with E-state index in [1.807, 2.05) is 39.6 Å². The van der Waals surface area contributed by atoms with E-state index in [1.165, 1.54) is 12.8 Å². The normalized spacial score (nSPS) is 32.0. The number of piperazine rings is 1. The van der Waals surface area contributed by atoms with Gasteiger partial charge in [0, 0.05) is 49.8 Å². The Hall–Kier alpha value is -0.560. The molecule has 2 heterocycles. The van der Waals surface area contributed by atoms with E-state index in [2.05, 4.69) is 39.9 Å². The summed E-state index contributed by atoms with van der Waals surface area (Å²) in [6, 6.07) is 1.91. The zero-order chi connectivity index (χ0) is 24.1. The summed E-state index contributed by atoms with van der Waals surface area (Å²) >= 11 is 13.7. The third kappa shape index (κ3) is 5.56. The highest BCUT2D eigenvalue weighted by Crippen LogP contribution is 2.78. The van der Waals surface area contributed by atoms with Gasteiger partial charge in [-0.3, -0.25) is 4.79 Å². The Bertz CT molecular complexity index is 747. The molecular formula is C24H40Cl2N4OS. The van der Waals surface area contributed by atoms with Gasteiger partial charge in [0.2, 0.25) is 5.95 Å². The maximum absolute atomic E-state index is 11.2. The average molecular weight is 504 g/mol. The van der Waals surface area contributed by atoms with E-state index < -0.39 is 0 Å². The molecule has 3 saturated carbocycles. The quantitative estimate of drug-likeness (QED) is 0.341. The van der Waals surface area contributed by atoms with E-state index in [4.69, 9.17) is 23.2 Å². The SMILES string of the molecule is CC.CC.CC1C2CC(=O)C3CCC312.CCSN1CCN(c2nc(Cl)cc(Cl)n2)C(C)C1. The summed E-state index contributed by atoms with van der Waals surface area (Å²) in [5.41, 5.74) is 0.580. The number of ketones is 1. The molecule has 1 aliphatic heterocycles. The summed E-state index contributed by atoms with van der Waals surface area (Å²) < 4.78 is 2.38. The van der Waals surface area contributed by atoms with Crippen molar-refractivity contribution >= 4 is 46.9 Å². The number of carbonyl (C=O) groups is 1. The molecule has 1 aromatic heterocycles. The molecule has 0 bridgehead atoms. The Morgan fingerprint density at radius 1 is 1.12 bits per heavy atom. The van der Waals surface area contributed by atoms with Crippen LogP contribution in [0, 0.1) is 23.2 Å². The zero-order valence-electron chi connectivity index (χ0n) is 20.7. The van der Waals surface area contributed by atoms with Crippen LogP contribution in [0.1, 0.15) is 67.7 Å². The van der Waals surface area contributed by atoms with Gasteiger partial charge >= 0.3 is 0 Å². The lowest BCUT2D eigenvalue weighted by molar-refractivity contribution is -0.126. The van der Waals surface area contributed by atoms with Crippen LogP contribution in [0.15, 0.2) is 6.07 Å². The maximum Gasteiger partial charge on any atom is 0.228 e. The van der Waals surface area contributed by atoms with Crippen LogP contribution in [-0.2, 0) is 4.79 Å². The molecule has 0 amide bonds. The van der Waals surface area contributed by atoms with Crippen molar-refractivity contribution in [1.82, 2.24) is 14.3 Å². The third-order valence-corrected chi connectivity index (χ3v) is 8.51. The van der Waals surface area contributed by atoms with Crippen LogP contribution in [0.3, 0.4) is 0 Å². The summed E-state index contributed by atoms with van der Waals surface area (Å²) in [5.74, 6) is 4.54. The molecule has 1 saturated heterocycles. The van der Waals surface area contributed by atoms with Crippen molar-refractivity contribution in [2.24, 2.45) is 23.2 Å². The Morgan fingerprint density at radius 2 is 1.75 bits per heavy atom. The van der Waals surface area contributed by atoms with Crippen molar-refractivity contribution in [2.75, 3.05) is 30.3 Å². The van der Waals surface area contributed by atoms with Crippen molar-refractivity contribution < 1.29 is 4.79 Å². The van der Waals surface area contributed by atoms with Crippen LogP contribution in [0.4, 0.5) is 5.95 Å². The van der Waals surface area contributed by atoms with Crippen molar-refractivity contribution in [2.45, 2.75) is 73.8 Å². The van der Waals surface area contributed by atoms with Crippen LogP contribution in [0.2, 0.25) is 10.3 Å². The van der Waals surface area contributed by atoms with Crippen LogP contribution in [-0.4, -0.2) is 51.5 Å². The van der Waals surface area contributed by atoms with Crippen molar-refractivity contribution in [3.8, 4) is 0 Å². The van der Waals surface area contributed by atoms with Gasteiger partial charge in [0.05, 0.1) is 0 Å². The minimum atomic E-state index is 0.354. The monoisotopic (exact) mass is 502 g/mol. The summed E-state index contributed by atoms with van der Waals surface area (Å²) in [7, 11) is 0. The molecule has 0 radical (unpaired) electrons. The molecule has 1 aromatic rings. The maximum atomic E-state index is 11.2. The van der Waals surface area contributed by atoms with E-state index in [1.54, 1.807) is 6.07 Å². The number of hydrogen-bond acceptors (Lipinski definition) is 6. The highest BCUT2D eigenvalue weighted by atomic mass is 35.5. The van der Waals surface area contributed by atoms with Gasteiger partial charge in [0.15, 0.2) is 0 Å². The lowest BCUT2D eigenvalue weighted by Gasteiger charge is -2.39. The van der Waals surface area contributed by atoms with E-state index in [0.717, 1.165) is 43.6 Å². The van der Waals surface area contributed by atoms with Gasteiger partial charge in [0.1, 0.15) is 16.1 Å². The van der Waals surface area contributed by atoms with Gasteiger partial charge in [-0.1, -0.05) is 76.7 Å². The first-order valence-electron chi connectivity index (χ1n) is 12.2. The molecule has 3 aliphatic carbocycles. The highest BCUT2D eigenvalue weighted by molar-refractivity contribution is 7.96. The van der Waals surface area contributed by atoms with Crippen LogP contribution in [0.5, 0.6) is 0 Å². The highest BCUT2D eigenvalue weighted by Gasteiger charge is 2.75. The number of Topliss-reactive ketones (excluding diaryl/α,β-unsaturated/α-hetero) is 1. The predicted molar refractivity (Wildman–Crippen MR) is 139 cm³/mol. The largest absolute Gasteiger partial charge is 0.335 e. The van der Waals surface area contributed by atoms with Gasteiger partial charge in [0.25, 0.3) is 0 Å². The van der Waals surface area contributed by atoms with E-state index in [-0.39, 0.29) is 0 Å². The second-order valence-electron chi connectivity index (χ2n) is 8.43. The molecule has 4 fully saturated rings. The molecule has 5 nitrogen and oxygen atoms in total. The topological polar surface area (TPSA) is 49.3 Å². The first-order valence-corrected chi connectivity index (χ1v) is 13.9. The van der Waals surface area contributed by atoms with Crippen molar-refractivity contribution in [3.05, 3.63) is 16.4 Å². The molecule has 32 heavy (non-hydrogen) atoms. The standard InChI is InChI=1S/C11H16Cl2N4S.C9H12O.2C2H6/c1-3-18-16-4-5-17(8(2)7-16)11-14-9(12)6-10(13)15-11;1-5-7-4-8(10)6-2-3-9(5,6)7;2*1-2/h6,8H,3-5,7H2,1-2H3;5-7H,2-4H2,1H3;2*1-2H3. The number of aromatic nitrogens is 2. The fraction of sp³-hybridized carbons (Fsp3) is 0.792. The molecule has 5 rings (SSSR count). The first kappa shape index (κ1) is 27.7. The molecule has 0 aromatic carbocycles. The Labute approximate surface area is 209 Å². The second-order valence-corrected chi connectivity index (χ2v) is 10.6. The van der Waals surface area contributed by atoms with Gasteiger partial charge in [-0.25, -0.2) is 14.3 Å². The van der Waals surface area contributed by atoms with E-state index in [9.17, 15) is 4.79 Å². The van der Waals surface area contributed by atoms with E-state index >= 15 is 0 Å². The number of rotatable bonds is 3. The molecule has 0 N–H and O–H groups in total. The van der Waals surface area contributed by atoms with E-state index in [0.29, 0.717) is 39.4 Å². The van der Waals surface area contributed by atoms with Crippen LogP contribution >= 0.6 is 35.1 Å². The van der Waals surface area contributed by atoms with Gasteiger partial charge in [-0.15, -0.1) is 0 Å². The van der Waals surface area contributed by atoms with Crippen molar-refractivity contribution in [1.29, 1.82) is 0 Å². The summed E-state index contributed by atoms with van der Waals surface area (Å²) in [5, 5.41) is 0.783. The number of hydrogen-bond donors (Lipinski definition) is 0. The molecule has 182 valence electrons. The third-order valence-electron chi connectivity index (χ3n) is 7.17. The Balaban J connectivity index is 0.000000217. The molecule has 8 heteroatoms. The lowest BCUT2D eigenvalue weighted by Crippen LogP contribution is -2.50. The summed E-state index contributed by atoms with van der Waals surface area (Å²) in [6.45, 7) is 17.5. The zero-order valence-corrected chi connectivity index (χ0v) is 23.0. The number of carbonyl (C=O) groups excluding carboxylic acids is 1. The summed E-state index contributed by atoms with van der Waals surface area (Å²) in [6.07, 6.45) is 3.49.